The van der Waals surface area contributed by atoms with E-state index in [4.69, 9.17) is 9.47 Å². The lowest BCUT2D eigenvalue weighted by molar-refractivity contribution is -0.149. The van der Waals surface area contributed by atoms with Gasteiger partial charge in [0.05, 0.1) is 5.92 Å². The van der Waals surface area contributed by atoms with Crippen LogP contribution >= 0.6 is 0 Å². The highest BCUT2D eigenvalue weighted by Crippen LogP contribution is 2.36. The van der Waals surface area contributed by atoms with Crippen LogP contribution in [0.4, 0.5) is 0 Å². The molecule has 3 atom stereocenters. The second kappa shape index (κ2) is 6.29. The monoisotopic (exact) mass is 290 g/mol. The molecule has 4 heteroatoms. The van der Waals surface area contributed by atoms with Gasteiger partial charge in [0.25, 0.3) is 0 Å². The maximum atomic E-state index is 11.9. The van der Waals surface area contributed by atoms with Gasteiger partial charge in [-0.3, -0.25) is 4.79 Å². The number of rotatable bonds is 1. The molecule has 4 nitrogen and oxygen atoms in total. The Balaban J connectivity index is 2.39. The van der Waals surface area contributed by atoms with Gasteiger partial charge in [-0.05, 0) is 32.8 Å². The van der Waals surface area contributed by atoms with Gasteiger partial charge in [0.1, 0.15) is 12.2 Å². The third-order valence-electron chi connectivity index (χ3n) is 3.98. The second-order valence-electron chi connectivity index (χ2n) is 5.88. The summed E-state index contributed by atoms with van der Waals surface area (Å²) >= 11 is 0. The average molecular weight is 290 g/mol. The van der Waals surface area contributed by atoms with Gasteiger partial charge in [-0.1, -0.05) is 23.8 Å². The fourth-order valence-electron chi connectivity index (χ4n) is 2.95. The largest absolute Gasteiger partial charge is 0.461 e. The van der Waals surface area contributed by atoms with E-state index in [1.54, 1.807) is 0 Å². The predicted molar refractivity (Wildman–Crippen MR) is 79.4 cm³/mol. The standard InChI is InChI=1S/C17H22O4/c1-10-6-5-7-11(2)9-15-16(12(3)17(19)21-15)14(8-10)20-13(4)18/h6,9,14-16H,3,5,7-8H2,1-2,4H3/b10-6+,11-9+/t14-,15+,16+/m0/s1. The van der Waals surface area contributed by atoms with Crippen molar-refractivity contribution in [1.82, 2.24) is 0 Å². The maximum absolute atomic E-state index is 11.9. The van der Waals surface area contributed by atoms with Crippen molar-refractivity contribution in [1.29, 1.82) is 0 Å². The van der Waals surface area contributed by atoms with E-state index < -0.39 is 12.1 Å². The highest BCUT2D eigenvalue weighted by Gasteiger charge is 2.44. The Hall–Kier alpha value is -1.84. The van der Waals surface area contributed by atoms with Crippen LogP contribution in [0.3, 0.4) is 0 Å². The first kappa shape index (κ1) is 15.5. The van der Waals surface area contributed by atoms with Gasteiger partial charge in [0.15, 0.2) is 0 Å². The molecule has 0 spiro atoms. The van der Waals surface area contributed by atoms with Crippen LogP contribution in [-0.2, 0) is 19.1 Å². The summed E-state index contributed by atoms with van der Waals surface area (Å²) in [6, 6.07) is 0. The SMILES string of the molecule is C=C1C(=O)O[C@@H]2/C=C(\C)CC/C=C(\C)C[C@H](OC(C)=O)[C@@H]12. The summed E-state index contributed by atoms with van der Waals surface area (Å²) < 4.78 is 10.9. The molecule has 1 fully saturated rings. The first-order chi connectivity index (χ1) is 9.88. The molecule has 0 N–H and O–H groups in total. The number of carbonyl (C=O) groups excluding carboxylic acids is 2. The molecule has 0 aromatic rings. The molecule has 2 rings (SSSR count). The van der Waals surface area contributed by atoms with Crippen LogP contribution in [-0.4, -0.2) is 24.1 Å². The zero-order valence-corrected chi connectivity index (χ0v) is 12.8. The molecular weight excluding hydrogens is 268 g/mol. The van der Waals surface area contributed by atoms with E-state index in [9.17, 15) is 9.59 Å². The molecule has 21 heavy (non-hydrogen) atoms. The first-order valence-electron chi connectivity index (χ1n) is 7.28. The molecule has 0 aromatic heterocycles. The zero-order chi connectivity index (χ0) is 15.6. The van der Waals surface area contributed by atoms with Crippen LogP contribution < -0.4 is 0 Å². The highest BCUT2D eigenvalue weighted by molar-refractivity contribution is 5.91. The summed E-state index contributed by atoms with van der Waals surface area (Å²) in [5, 5.41) is 0. The molecule has 0 radical (unpaired) electrons. The van der Waals surface area contributed by atoms with Crippen LogP contribution in [0.1, 0.15) is 40.0 Å². The Labute approximate surface area is 125 Å². The van der Waals surface area contributed by atoms with Crippen LogP contribution in [0.5, 0.6) is 0 Å². The lowest BCUT2D eigenvalue weighted by Gasteiger charge is -2.26. The normalized spacial score (nSPS) is 34.9. The lowest BCUT2D eigenvalue weighted by Crippen LogP contribution is -2.32. The smallest absolute Gasteiger partial charge is 0.334 e. The van der Waals surface area contributed by atoms with Crippen molar-refractivity contribution in [2.75, 3.05) is 0 Å². The Morgan fingerprint density at radius 3 is 2.76 bits per heavy atom. The third kappa shape index (κ3) is 3.63. The molecular formula is C17H22O4. The number of allylic oxidation sites excluding steroid dienone is 2. The summed E-state index contributed by atoms with van der Waals surface area (Å²) in [5.41, 5.74) is 2.71. The first-order valence-corrected chi connectivity index (χ1v) is 7.28. The van der Waals surface area contributed by atoms with Crippen LogP contribution in [0.15, 0.2) is 35.5 Å². The summed E-state index contributed by atoms with van der Waals surface area (Å²) in [7, 11) is 0. The molecule has 0 saturated carbocycles. The van der Waals surface area contributed by atoms with Gasteiger partial charge in [-0.15, -0.1) is 0 Å². The number of fused-ring (bicyclic) bond motifs is 1. The van der Waals surface area contributed by atoms with E-state index in [-0.39, 0.29) is 18.0 Å². The van der Waals surface area contributed by atoms with Gasteiger partial charge in [0.2, 0.25) is 0 Å². The second-order valence-corrected chi connectivity index (χ2v) is 5.88. The molecule has 1 aliphatic carbocycles. The zero-order valence-electron chi connectivity index (χ0n) is 12.8. The van der Waals surface area contributed by atoms with Crippen LogP contribution in [0, 0.1) is 5.92 Å². The van der Waals surface area contributed by atoms with Crippen molar-refractivity contribution in [3.63, 3.8) is 0 Å². The number of ether oxygens (including phenoxy) is 2. The summed E-state index contributed by atoms with van der Waals surface area (Å²) in [4.78, 5) is 23.2. The Kier molecular flexibility index (Phi) is 4.66. The van der Waals surface area contributed by atoms with E-state index in [1.165, 1.54) is 12.5 Å². The van der Waals surface area contributed by atoms with E-state index >= 15 is 0 Å². The van der Waals surface area contributed by atoms with E-state index in [1.807, 2.05) is 19.9 Å². The minimum Gasteiger partial charge on any atom is -0.461 e. The molecule has 0 unspecified atom stereocenters. The Morgan fingerprint density at radius 2 is 2.10 bits per heavy atom. The molecule has 0 aromatic carbocycles. The van der Waals surface area contributed by atoms with Crippen LogP contribution in [0.2, 0.25) is 0 Å². The number of hydrogen-bond donors (Lipinski definition) is 0. The average Bonchev–Trinajstić information content (AvgIpc) is 2.62. The summed E-state index contributed by atoms with van der Waals surface area (Å²) in [6.07, 6.45) is 5.80. The lowest BCUT2D eigenvalue weighted by atomic mass is 9.85. The predicted octanol–water partition coefficient (Wildman–Crippen LogP) is 3.09. The van der Waals surface area contributed by atoms with Crippen molar-refractivity contribution in [3.8, 4) is 0 Å². The van der Waals surface area contributed by atoms with Crippen molar-refractivity contribution >= 4 is 11.9 Å². The topological polar surface area (TPSA) is 52.6 Å². The molecule has 2 aliphatic rings. The van der Waals surface area contributed by atoms with Crippen LogP contribution in [0.25, 0.3) is 0 Å². The number of carbonyl (C=O) groups is 2. The maximum Gasteiger partial charge on any atom is 0.334 e. The van der Waals surface area contributed by atoms with E-state index in [0.29, 0.717) is 12.0 Å². The summed E-state index contributed by atoms with van der Waals surface area (Å²) in [6.45, 7) is 9.27. The molecule has 1 saturated heterocycles. The number of hydrogen-bond acceptors (Lipinski definition) is 4. The Bertz CT molecular complexity index is 527. The van der Waals surface area contributed by atoms with Crippen molar-refractivity contribution < 1.29 is 19.1 Å². The quantitative estimate of drug-likeness (QED) is 0.423. The fourth-order valence-corrected chi connectivity index (χ4v) is 2.95. The Morgan fingerprint density at radius 1 is 1.38 bits per heavy atom. The van der Waals surface area contributed by atoms with Crippen molar-refractivity contribution in [2.24, 2.45) is 5.92 Å². The van der Waals surface area contributed by atoms with Crippen molar-refractivity contribution in [2.45, 2.75) is 52.2 Å². The molecule has 1 aliphatic heterocycles. The minimum atomic E-state index is -0.412. The van der Waals surface area contributed by atoms with E-state index in [0.717, 1.165) is 18.4 Å². The van der Waals surface area contributed by atoms with Crippen molar-refractivity contribution in [3.05, 3.63) is 35.5 Å². The molecule has 1 heterocycles. The van der Waals surface area contributed by atoms with E-state index in [2.05, 4.69) is 12.7 Å². The summed E-state index contributed by atoms with van der Waals surface area (Å²) in [5.74, 6) is -1.05. The van der Waals surface area contributed by atoms with Gasteiger partial charge >= 0.3 is 11.9 Å². The van der Waals surface area contributed by atoms with Gasteiger partial charge in [-0.25, -0.2) is 4.79 Å². The minimum absolute atomic E-state index is 0.308. The molecule has 0 amide bonds. The molecule has 0 bridgehead atoms. The van der Waals surface area contributed by atoms with Gasteiger partial charge < -0.3 is 9.47 Å². The molecule has 114 valence electrons. The van der Waals surface area contributed by atoms with Gasteiger partial charge in [0, 0.05) is 18.9 Å². The third-order valence-corrected chi connectivity index (χ3v) is 3.98. The fraction of sp³-hybridized carbons (Fsp3) is 0.529. The highest BCUT2D eigenvalue weighted by atomic mass is 16.6. The number of esters is 2. The van der Waals surface area contributed by atoms with Gasteiger partial charge in [-0.2, -0.15) is 0 Å².